The Hall–Kier alpha value is -0.820. The lowest BCUT2D eigenvalue weighted by atomic mass is 9.98. The molecule has 1 aliphatic rings. The molecule has 0 bridgehead atoms. The van der Waals surface area contributed by atoms with E-state index < -0.39 is 18.6 Å². The second kappa shape index (κ2) is 6.20. The van der Waals surface area contributed by atoms with E-state index in [1.165, 1.54) is 0 Å². The third-order valence-corrected chi connectivity index (χ3v) is 2.65. The van der Waals surface area contributed by atoms with Crippen LogP contribution in [0.25, 0.3) is 0 Å². The maximum Gasteiger partial charge on any atom is 0.406 e. The molecule has 0 atom stereocenters. The molecule has 2 N–H and O–H groups in total. The van der Waals surface area contributed by atoms with Crippen molar-refractivity contribution in [2.75, 3.05) is 32.8 Å². The van der Waals surface area contributed by atoms with Gasteiger partial charge in [0.15, 0.2) is 0 Å². The molecule has 17 heavy (non-hydrogen) atoms. The molecule has 1 amide bonds. The number of hydrogen-bond acceptors (Lipinski definition) is 3. The van der Waals surface area contributed by atoms with E-state index in [1.807, 2.05) is 0 Å². The third kappa shape index (κ3) is 4.91. The van der Waals surface area contributed by atoms with Gasteiger partial charge in [-0.15, -0.1) is 0 Å². The van der Waals surface area contributed by atoms with E-state index >= 15 is 0 Å². The summed E-state index contributed by atoms with van der Waals surface area (Å²) >= 11 is 0. The summed E-state index contributed by atoms with van der Waals surface area (Å²) < 4.78 is 42.0. The fourth-order valence-electron chi connectivity index (χ4n) is 1.84. The van der Waals surface area contributed by atoms with Crippen LogP contribution in [0, 0.1) is 5.92 Å². The van der Waals surface area contributed by atoms with Crippen molar-refractivity contribution in [3.8, 4) is 0 Å². The summed E-state index contributed by atoms with van der Waals surface area (Å²) in [5.41, 5.74) is 5.23. The van der Waals surface area contributed by atoms with Gasteiger partial charge in [-0.05, 0) is 12.8 Å². The van der Waals surface area contributed by atoms with E-state index in [0.29, 0.717) is 26.1 Å². The van der Waals surface area contributed by atoms with Gasteiger partial charge in [-0.3, -0.25) is 4.79 Å². The summed E-state index contributed by atoms with van der Waals surface area (Å²) in [5.74, 6) is -0.825. The van der Waals surface area contributed by atoms with Crippen molar-refractivity contribution < 1.29 is 22.7 Å². The third-order valence-electron chi connectivity index (χ3n) is 2.65. The molecule has 1 saturated heterocycles. The van der Waals surface area contributed by atoms with Crippen molar-refractivity contribution in [2.45, 2.75) is 19.0 Å². The van der Waals surface area contributed by atoms with Crippen LogP contribution in [0.15, 0.2) is 0 Å². The van der Waals surface area contributed by atoms with Gasteiger partial charge >= 0.3 is 6.18 Å². The number of rotatable bonds is 4. The standard InChI is InChI=1S/C10H17F3N2O2/c11-10(12,13)7-15(4-3-14)9(16)8-1-5-17-6-2-8/h8H,1-7,14H2. The zero-order valence-corrected chi connectivity index (χ0v) is 9.50. The van der Waals surface area contributed by atoms with Gasteiger partial charge in [-0.1, -0.05) is 0 Å². The van der Waals surface area contributed by atoms with E-state index in [0.717, 1.165) is 4.90 Å². The lowest BCUT2D eigenvalue weighted by Crippen LogP contribution is -2.45. The molecule has 0 radical (unpaired) electrons. The van der Waals surface area contributed by atoms with Crippen molar-refractivity contribution in [1.82, 2.24) is 4.90 Å². The number of hydrogen-bond donors (Lipinski definition) is 1. The molecule has 4 nitrogen and oxygen atoms in total. The maximum atomic E-state index is 12.3. The molecule has 0 saturated carbocycles. The summed E-state index contributed by atoms with van der Waals surface area (Å²) in [6, 6.07) is 0. The van der Waals surface area contributed by atoms with Crippen LogP contribution in [0.2, 0.25) is 0 Å². The van der Waals surface area contributed by atoms with E-state index in [2.05, 4.69) is 0 Å². The summed E-state index contributed by atoms with van der Waals surface area (Å²) in [4.78, 5) is 12.7. The van der Waals surface area contributed by atoms with Gasteiger partial charge in [0.2, 0.25) is 5.91 Å². The fourth-order valence-corrected chi connectivity index (χ4v) is 1.84. The van der Waals surface area contributed by atoms with Crippen LogP contribution < -0.4 is 5.73 Å². The topological polar surface area (TPSA) is 55.6 Å². The Balaban J connectivity index is 2.58. The molecule has 0 aromatic heterocycles. The highest BCUT2D eigenvalue weighted by atomic mass is 19.4. The molecular formula is C10H17F3N2O2. The number of nitrogens with zero attached hydrogens (tertiary/aromatic N) is 1. The van der Waals surface area contributed by atoms with Crippen LogP contribution in [0.3, 0.4) is 0 Å². The van der Waals surface area contributed by atoms with Gasteiger partial charge in [-0.25, -0.2) is 0 Å². The zero-order valence-electron chi connectivity index (χ0n) is 9.50. The van der Waals surface area contributed by atoms with Crippen molar-refractivity contribution in [2.24, 2.45) is 11.7 Å². The average Bonchev–Trinajstić information content (AvgIpc) is 2.27. The van der Waals surface area contributed by atoms with Gasteiger partial charge in [0, 0.05) is 32.2 Å². The van der Waals surface area contributed by atoms with Crippen LogP contribution in [0.4, 0.5) is 13.2 Å². The molecular weight excluding hydrogens is 237 g/mol. The largest absolute Gasteiger partial charge is 0.406 e. The second-order valence-electron chi connectivity index (χ2n) is 4.05. The molecule has 0 spiro atoms. The lowest BCUT2D eigenvalue weighted by Gasteiger charge is -2.29. The number of nitrogens with two attached hydrogens (primary N) is 1. The summed E-state index contributed by atoms with van der Waals surface area (Å²) in [6.07, 6.45) is -3.41. The first-order chi connectivity index (χ1) is 7.94. The van der Waals surface area contributed by atoms with Crippen molar-refractivity contribution in [3.05, 3.63) is 0 Å². The highest BCUT2D eigenvalue weighted by Crippen LogP contribution is 2.21. The number of carbonyl (C=O) groups excluding carboxylic acids is 1. The van der Waals surface area contributed by atoms with Crippen LogP contribution in [-0.2, 0) is 9.53 Å². The van der Waals surface area contributed by atoms with Crippen LogP contribution in [0.5, 0.6) is 0 Å². The van der Waals surface area contributed by atoms with Gasteiger partial charge in [-0.2, -0.15) is 13.2 Å². The molecule has 1 rings (SSSR count). The molecule has 1 fully saturated rings. The summed E-state index contributed by atoms with van der Waals surface area (Å²) in [7, 11) is 0. The Morgan fingerprint density at radius 2 is 1.94 bits per heavy atom. The smallest absolute Gasteiger partial charge is 0.381 e. The molecule has 100 valence electrons. The minimum absolute atomic E-state index is 0.0328. The number of alkyl halides is 3. The number of halogens is 3. The molecule has 7 heteroatoms. The zero-order chi connectivity index (χ0) is 12.9. The highest BCUT2D eigenvalue weighted by Gasteiger charge is 2.35. The first-order valence-corrected chi connectivity index (χ1v) is 5.57. The van der Waals surface area contributed by atoms with Gasteiger partial charge < -0.3 is 15.4 Å². The first-order valence-electron chi connectivity index (χ1n) is 5.57. The van der Waals surface area contributed by atoms with Crippen LogP contribution >= 0.6 is 0 Å². The SMILES string of the molecule is NCCN(CC(F)(F)F)C(=O)C1CCOCC1. The van der Waals surface area contributed by atoms with E-state index in [9.17, 15) is 18.0 Å². The van der Waals surface area contributed by atoms with Crippen LogP contribution in [-0.4, -0.2) is 49.8 Å². The quantitative estimate of drug-likeness (QED) is 0.806. The Morgan fingerprint density at radius 3 is 2.41 bits per heavy atom. The maximum absolute atomic E-state index is 12.3. The number of ether oxygens (including phenoxy) is 1. The van der Waals surface area contributed by atoms with Crippen molar-refractivity contribution >= 4 is 5.91 Å². The Morgan fingerprint density at radius 1 is 1.35 bits per heavy atom. The van der Waals surface area contributed by atoms with Gasteiger partial charge in [0.05, 0.1) is 0 Å². The predicted octanol–water partition coefficient (Wildman–Crippen LogP) is 0.763. The van der Waals surface area contributed by atoms with E-state index in [4.69, 9.17) is 10.5 Å². The Labute approximate surface area is 97.9 Å². The van der Waals surface area contributed by atoms with E-state index in [-0.39, 0.29) is 19.0 Å². The predicted molar refractivity (Wildman–Crippen MR) is 55.2 cm³/mol. The normalized spacial score (nSPS) is 18.1. The molecule has 0 aromatic rings. The monoisotopic (exact) mass is 254 g/mol. The summed E-state index contributed by atoms with van der Waals surface area (Å²) in [5, 5.41) is 0. The van der Waals surface area contributed by atoms with Crippen molar-refractivity contribution in [1.29, 1.82) is 0 Å². The summed E-state index contributed by atoms with van der Waals surface area (Å²) in [6.45, 7) is -0.390. The fraction of sp³-hybridized carbons (Fsp3) is 0.900. The molecule has 0 aliphatic carbocycles. The highest BCUT2D eigenvalue weighted by molar-refractivity contribution is 5.79. The second-order valence-corrected chi connectivity index (χ2v) is 4.05. The molecule has 0 aromatic carbocycles. The van der Waals surface area contributed by atoms with E-state index in [1.54, 1.807) is 0 Å². The van der Waals surface area contributed by atoms with Crippen LogP contribution in [0.1, 0.15) is 12.8 Å². The number of carbonyl (C=O) groups is 1. The molecule has 1 heterocycles. The van der Waals surface area contributed by atoms with Crippen molar-refractivity contribution in [3.63, 3.8) is 0 Å². The average molecular weight is 254 g/mol. The minimum atomic E-state index is -4.38. The Kier molecular flexibility index (Phi) is 5.20. The minimum Gasteiger partial charge on any atom is -0.381 e. The van der Waals surface area contributed by atoms with Gasteiger partial charge in [0.25, 0.3) is 0 Å². The lowest BCUT2D eigenvalue weighted by molar-refractivity contribution is -0.165. The molecule has 1 aliphatic heterocycles. The number of amides is 1. The molecule has 0 unspecified atom stereocenters. The first kappa shape index (κ1) is 14.2. The Bertz CT molecular complexity index is 252. The van der Waals surface area contributed by atoms with Gasteiger partial charge in [0.1, 0.15) is 6.54 Å².